The van der Waals surface area contributed by atoms with Gasteiger partial charge in [0.15, 0.2) is 0 Å². The Labute approximate surface area is 128 Å². The van der Waals surface area contributed by atoms with Gasteiger partial charge in [-0.1, -0.05) is 23.2 Å². The standard InChI is InChI=1S/C12H8Cl2N2O3S/c1-5-10(20-4-15-5)11(17)16-9-7(14)3-2-6(13)8(9)12(18)19/h2-4H,1H3,(H,16,17)(H,18,19). The number of benzene rings is 1. The van der Waals surface area contributed by atoms with Gasteiger partial charge in [-0.2, -0.15) is 0 Å². The SMILES string of the molecule is Cc1ncsc1C(=O)Nc1c(Cl)ccc(Cl)c1C(=O)O. The van der Waals surface area contributed by atoms with Crippen LogP contribution in [0.5, 0.6) is 0 Å². The molecule has 20 heavy (non-hydrogen) atoms. The molecule has 2 rings (SSSR count). The smallest absolute Gasteiger partial charge is 0.339 e. The molecular weight excluding hydrogens is 323 g/mol. The molecule has 0 unspecified atom stereocenters. The first-order valence-corrected chi connectivity index (χ1v) is 6.98. The molecular formula is C12H8Cl2N2O3S. The molecule has 1 aromatic carbocycles. The normalized spacial score (nSPS) is 10.3. The molecule has 1 amide bonds. The van der Waals surface area contributed by atoms with Crippen molar-refractivity contribution in [2.45, 2.75) is 6.92 Å². The number of hydrogen-bond acceptors (Lipinski definition) is 4. The van der Waals surface area contributed by atoms with E-state index in [1.807, 2.05) is 0 Å². The van der Waals surface area contributed by atoms with Crippen molar-refractivity contribution in [1.29, 1.82) is 0 Å². The number of carboxylic acids is 1. The zero-order valence-electron chi connectivity index (χ0n) is 10.1. The van der Waals surface area contributed by atoms with Gasteiger partial charge < -0.3 is 10.4 Å². The second-order valence-corrected chi connectivity index (χ2v) is 5.47. The minimum absolute atomic E-state index is 0.00164. The summed E-state index contributed by atoms with van der Waals surface area (Å²) < 4.78 is 0. The Hall–Kier alpha value is -1.63. The zero-order chi connectivity index (χ0) is 14.9. The summed E-state index contributed by atoms with van der Waals surface area (Å²) in [6, 6.07) is 2.78. The molecule has 5 nitrogen and oxygen atoms in total. The lowest BCUT2D eigenvalue weighted by molar-refractivity contribution is 0.0698. The van der Waals surface area contributed by atoms with E-state index >= 15 is 0 Å². The van der Waals surface area contributed by atoms with Crippen molar-refractivity contribution in [2.75, 3.05) is 5.32 Å². The minimum Gasteiger partial charge on any atom is -0.478 e. The monoisotopic (exact) mass is 330 g/mol. The van der Waals surface area contributed by atoms with Crippen LogP contribution < -0.4 is 5.32 Å². The van der Waals surface area contributed by atoms with Gasteiger partial charge in [-0.25, -0.2) is 9.78 Å². The number of aromatic nitrogens is 1. The minimum atomic E-state index is -1.27. The third-order valence-corrected chi connectivity index (χ3v) is 4.07. The van der Waals surface area contributed by atoms with Crippen molar-refractivity contribution in [1.82, 2.24) is 4.98 Å². The van der Waals surface area contributed by atoms with E-state index in [9.17, 15) is 9.59 Å². The van der Waals surface area contributed by atoms with E-state index in [-0.39, 0.29) is 21.3 Å². The van der Waals surface area contributed by atoms with Gasteiger partial charge in [-0.15, -0.1) is 11.3 Å². The average Bonchev–Trinajstić information content (AvgIpc) is 2.79. The Balaban J connectivity index is 2.44. The number of thiazole rings is 1. The summed E-state index contributed by atoms with van der Waals surface area (Å²) in [5, 5.41) is 11.7. The number of aromatic carboxylic acids is 1. The molecule has 0 fully saturated rings. The summed E-state index contributed by atoms with van der Waals surface area (Å²) in [5.41, 5.74) is 1.82. The Morgan fingerprint density at radius 1 is 1.30 bits per heavy atom. The molecule has 0 aliphatic rings. The third kappa shape index (κ3) is 2.77. The van der Waals surface area contributed by atoms with E-state index in [0.717, 1.165) is 11.3 Å². The number of amides is 1. The average molecular weight is 331 g/mol. The maximum absolute atomic E-state index is 12.1. The lowest BCUT2D eigenvalue weighted by Gasteiger charge is -2.11. The Kier molecular flexibility index (Phi) is 4.27. The number of anilines is 1. The van der Waals surface area contributed by atoms with Crippen molar-refractivity contribution < 1.29 is 14.7 Å². The topological polar surface area (TPSA) is 79.3 Å². The van der Waals surface area contributed by atoms with Crippen LogP contribution in [0.15, 0.2) is 17.6 Å². The van der Waals surface area contributed by atoms with Gasteiger partial charge in [0, 0.05) is 0 Å². The maximum Gasteiger partial charge on any atom is 0.339 e. The van der Waals surface area contributed by atoms with Gasteiger partial charge in [0.05, 0.1) is 26.9 Å². The van der Waals surface area contributed by atoms with Crippen LogP contribution in [-0.4, -0.2) is 22.0 Å². The van der Waals surface area contributed by atoms with Crippen LogP contribution in [0.2, 0.25) is 10.0 Å². The Morgan fingerprint density at radius 2 is 1.95 bits per heavy atom. The highest BCUT2D eigenvalue weighted by Gasteiger charge is 2.21. The highest BCUT2D eigenvalue weighted by atomic mass is 35.5. The van der Waals surface area contributed by atoms with Crippen LogP contribution in [0.4, 0.5) is 5.69 Å². The Morgan fingerprint density at radius 3 is 2.50 bits per heavy atom. The summed E-state index contributed by atoms with van der Waals surface area (Å²) in [5.74, 6) is -1.74. The number of nitrogens with zero attached hydrogens (tertiary/aromatic N) is 1. The molecule has 8 heteroatoms. The second-order valence-electron chi connectivity index (χ2n) is 3.81. The number of carbonyl (C=O) groups is 2. The summed E-state index contributed by atoms with van der Waals surface area (Å²) in [6.07, 6.45) is 0. The highest BCUT2D eigenvalue weighted by Crippen LogP contribution is 2.32. The predicted octanol–water partition coefficient (Wildman–Crippen LogP) is 3.71. The number of rotatable bonds is 3. The van der Waals surface area contributed by atoms with Gasteiger partial charge in [0.1, 0.15) is 10.4 Å². The molecule has 1 aromatic heterocycles. The fourth-order valence-corrected chi connectivity index (χ4v) is 2.71. The summed E-state index contributed by atoms with van der Waals surface area (Å²) in [7, 11) is 0. The summed E-state index contributed by atoms with van der Waals surface area (Å²) >= 11 is 12.9. The molecule has 104 valence electrons. The van der Waals surface area contributed by atoms with E-state index in [4.69, 9.17) is 28.3 Å². The van der Waals surface area contributed by atoms with E-state index in [1.165, 1.54) is 17.6 Å². The van der Waals surface area contributed by atoms with Crippen molar-refractivity contribution in [3.63, 3.8) is 0 Å². The van der Waals surface area contributed by atoms with Gasteiger partial charge in [0.2, 0.25) is 0 Å². The van der Waals surface area contributed by atoms with Crippen LogP contribution in [0.25, 0.3) is 0 Å². The van der Waals surface area contributed by atoms with Crippen LogP contribution in [-0.2, 0) is 0 Å². The lowest BCUT2D eigenvalue weighted by atomic mass is 10.1. The molecule has 0 aliphatic heterocycles. The van der Waals surface area contributed by atoms with Crippen molar-refractivity contribution in [3.05, 3.63) is 43.8 Å². The van der Waals surface area contributed by atoms with Crippen LogP contribution in [0.3, 0.4) is 0 Å². The largest absolute Gasteiger partial charge is 0.478 e. The molecule has 0 spiro atoms. The highest BCUT2D eigenvalue weighted by molar-refractivity contribution is 7.12. The first kappa shape index (κ1) is 14.8. The van der Waals surface area contributed by atoms with Crippen LogP contribution in [0, 0.1) is 6.92 Å². The van der Waals surface area contributed by atoms with Gasteiger partial charge in [-0.3, -0.25) is 4.79 Å². The first-order chi connectivity index (χ1) is 9.41. The van der Waals surface area contributed by atoms with Gasteiger partial charge in [0.25, 0.3) is 5.91 Å². The Bertz CT molecular complexity index is 700. The van der Waals surface area contributed by atoms with E-state index < -0.39 is 11.9 Å². The van der Waals surface area contributed by atoms with Crippen LogP contribution in [0.1, 0.15) is 25.7 Å². The third-order valence-electron chi connectivity index (χ3n) is 2.51. The van der Waals surface area contributed by atoms with Gasteiger partial charge in [-0.05, 0) is 19.1 Å². The predicted molar refractivity (Wildman–Crippen MR) is 78.2 cm³/mol. The molecule has 2 aromatic rings. The van der Waals surface area contributed by atoms with Crippen molar-refractivity contribution in [3.8, 4) is 0 Å². The molecule has 0 radical (unpaired) electrons. The zero-order valence-corrected chi connectivity index (χ0v) is 12.4. The molecule has 0 saturated carbocycles. The van der Waals surface area contributed by atoms with E-state index in [1.54, 1.807) is 6.92 Å². The number of halogens is 2. The quantitative estimate of drug-likeness (QED) is 0.899. The number of carbonyl (C=O) groups excluding carboxylic acids is 1. The second kappa shape index (κ2) is 5.78. The lowest BCUT2D eigenvalue weighted by Crippen LogP contribution is -2.15. The first-order valence-electron chi connectivity index (χ1n) is 5.34. The van der Waals surface area contributed by atoms with E-state index in [0.29, 0.717) is 10.6 Å². The summed E-state index contributed by atoms with van der Waals surface area (Å²) in [4.78, 5) is 27.7. The fraction of sp³-hybridized carbons (Fsp3) is 0.0833. The molecule has 1 heterocycles. The summed E-state index contributed by atoms with van der Waals surface area (Å²) in [6.45, 7) is 1.68. The van der Waals surface area contributed by atoms with E-state index in [2.05, 4.69) is 10.3 Å². The van der Waals surface area contributed by atoms with Crippen molar-refractivity contribution in [2.24, 2.45) is 0 Å². The molecule has 0 saturated heterocycles. The maximum atomic E-state index is 12.1. The molecule has 0 bridgehead atoms. The van der Waals surface area contributed by atoms with Crippen LogP contribution >= 0.6 is 34.5 Å². The molecule has 0 aliphatic carbocycles. The van der Waals surface area contributed by atoms with Crippen molar-refractivity contribution >= 4 is 52.1 Å². The number of nitrogens with one attached hydrogen (secondary N) is 1. The molecule has 0 atom stereocenters. The fourth-order valence-electron chi connectivity index (χ4n) is 1.57. The molecule has 2 N–H and O–H groups in total. The van der Waals surface area contributed by atoms with Gasteiger partial charge >= 0.3 is 5.97 Å². The number of carboxylic acid groups (broad SMARTS) is 1. The number of aryl methyl sites for hydroxylation is 1. The number of hydrogen-bond donors (Lipinski definition) is 2.